The van der Waals surface area contributed by atoms with Crippen molar-refractivity contribution in [2.24, 2.45) is 0 Å². The smallest absolute Gasteiger partial charge is 0.335 e. The highest BCUT2D eigenvalue weighted by molar-refractivity contribution is 14.1. The predicted molar refractivity (Wildman–Crippen MR) is 153 cm³/mol. The van der Waals surface area contributed by atoms with Gasteiger partial charge >= 0.3 is 6.03 Å². The van der Waals surface area contributed by atoms with Crippen LogP contribution in [-0.4, -0.2) is 31.6 Å². The van der Waals surface area contributed by atoms with E-state index in [-0.39, 0.29) is 5.57 Å². The Morgan fingerprint density at radius 2 is 1.63 bits per heavy atom. The van der Waals surface area contributed by atoms with Gasteiger partial charge in [-0.2, -0.15) is 0 Å². The second-order valence-corrected chi connectivity index (χ2v) is 9.87. The molecule has 38 heavy (non-hydrogen) atoms. The molecule has 1 aliphatic rings. The maximum absolute atomic E-state index is 13.3. The molecule has 3 aromatic rings. The molecule has 1 saturated heterocycles. The van der Waals surface area contributed by atoms with Gasteiger partial charge in [-0.1, -0.05) is 29.3 Å². The summed E-state index contributed by atoms with van der Waals surface area (Å²) in [6, 6.07) is 15.4. The maximum atomic E-state index is 13.3. The van der Waals surface area contributed by atoms with Gasteiger partial charge in [0, 0.05) is 0 Å². The molecule has 1 N–H and O–H groups in total. The number of anilines is 1. The molecule has 0 aliphatic carbocycles. The molecule has 1 heterocycles. The van der Waals surface area contributed by atoms with E-state index >= 15 is 0 Å². The van der Waals surface area contributed by atoms with Gasteiger partial charge in [0.25, 0.3) is 11.8 Å². The van der Waals surface area contributed by atoms with E-state index in [0.717, 1.165) is 25.2 Å². The minimum Gasteiger partial charge on any atom is -0.494 e. The van der Waals surface area contributed by atoms with Crippen molar-refractivity contribution >= 4 is 52.2 Å². The van der Waals surface area contributed by atoms with E-state index in [2.05, 4.69) is 46.1 Å². The number of hydrogen-bond donors (Lipinski definition) is 1. The molecule has 0 aromatic heterocycles. The van der Waals surface area contributed by atoms with Crippen LogP contribution in [0.15, 0.2) is 60.2 Å². The number of rotatable bonds is 8. The lowest BCUT2D eigenvalue weighted by Gasteiger charge is -2.26. The Hall–Kier alpha value is -3.86. The molecular formula is C29H27IN2O6. The standard InChI is InChI=1S/C29H27IN2O6/c1-5-37-22-8-6-21(7-9-22)32-28(34)23(27(33)31-29(32)35)13-19-14-24(30)26(25(15-19)36-4)38-16-20-11-17(2)10-18(3)12-20/h6-15H,5,16H2,1-4H3,(H,31,33,35)/b23-13+. The third-order valence-corrected chi connectivity index (χ3v) is 6.54. The minimum atomic E-state index is -0.816. The molecule has 4 amide bonds. The molecular weight excluding hydrogens is 599 g/mol. The van der Waals surface area contributed by atoms with Crippen LogP contribution >= 0.6 is 22.6 Å². The summed E-state index contributed by atoms with van der Waals surface area (Å²) in [7, 11) is 1.52. The van der Waals surface area contributed by atoms with Crippen LogP contribution < -0.4 is 24.4 Å². The molecule has 3 aromatic carbocycles. The lowest BCUT2D eigenvalue weighted by atomic mass is 10.1. The van der Waals surface area contributed by atoms with Crippen LogP contribution in [0.1, 0.15) is 29.2 Å². The van der Waals surface area contributed by atoms with Gasteiger partial charge in [0.1, 0.15) is 17.9 Å². The van der Waals surface area contributed by atoms with Crippen molar-refractivity contribution in [3.05, 3.63) is 86.0 Å². The Kier molecular flexibility index (Phi) is 8.35. The topological polar surface area (TPSA) is 94.2 Å². The summed E-state index contributed by atoms with van der Waals surface area (Å²) >= 11 is 2.13. The first-order valence-electron chi connectivity index (χ1n) is 11.9. The van der Waals surface area contributed by atoms with Gasteiger partial charge in [-0.25, -0.2) is 9.69 Å². The molecule has 1 fully saturated rings. The van der Waals surface area contributed by atoms with E-state index in [1.54, 1.807) is 36.4 Å². The van der Waals surface area contributed by atoms with Crippen LogP contribution in [0.2, 0.25) is 0 Å². The second-order valence-electron chi connectivity index (χ2n) is 8.70. The number of nitrogens with one attached hydrogen (secondary N) is 1. The first-order chi connectivity index (χ1) is 18.2. The Bertz CT molecular complexity index is 1410. The van der Waals surface area contributed by atoms with Gasteiger partial charge in [-0.3, -0.25) is 14.9 Å². The monoisotopic (exact) mass is 626 g/mol. The molecule has 0 unspecified atom stereocenters. The summed E-state index contributed by atoms with van der Waals surface area (Å²) in [6.45, 7) is 6.78. The van der Waals surface area contributed by atoms with E-state index in [9.17, 15) is 14.4 Å². The van der Waals surface area contributed by atoms with Crippen molar-refractivity contribution in [1.29, 1.82) is 0 Å². The zero-order valence-electron chi connectivity index (χ0n) is 21.5. The van der Waals surface area contributed by atoms with Crippen molar-refractivity contribution in [3.8, 4) is 17.2 Å². The first-order valence-corrected chi connectivity index (χ1v) is 13.0. The number of imide groups is 2. The number of amides is 4. The van der Waals surface area contributed by atoms with E-state index in [1.807, 2.05) is 20.8 Å². The minimum absolute atomic E-state index is 0.180. The summed E-state index contributed by atoms with van der Waals surface area (Å²) in [6.07, 6.45) is 1.43. The van der Waals surface area contributed by atoms with E-state index < -0.39 is 17.8 Å². The zero-order valence-corrected chi connectivity index (χ0v) is 23.6. The normalized spacial score (nSPS) is 14.5. The van der Waals surface area contributed by atoms with Crippen molar-refractivity contribution in [2.45, 2.75) is 27.4 Å². The number of carbonyl (C=O) groups excluding carboxylic acids is 3. The van der Waals surface area contributed by atoms with E-state index in [0.29, 0.717) is 41.7 Å². The number of benzene rings is 3. The number of halogens is 1. The molecule has 0 atom stereocenters. The second kappa shape index (κ2) is 11.7. The van der Waals surface area contributed by atoms with Crippen LogP contribution in [0.25, 0.3) is 6.08 Å². The number of carbonyl (C=O) groups is 3. The van der Waals surface area contributed by atoms with Gasteiger partial charge in [0.05, 0.1) is 23.0 Å². The van der Waals surface area contributed by atoms with Crippen LogP contribution in [0.4, 0.5) is 10.5 Å². The molecule has 9 heteroatoms. The molecule has 0 radical (unpaired) electrons. The van der Waals surface area contributed by atoms with E-state index in [4.69, 9.17) is 14.2 Å². The molecule has 1 aliphatic heterocycles. The summed E-state index contributed by atoms with van der Waals surface area (Å²) in [4.78, 5) is 39.4. The number of barbiturate groups is 1. The lowest BCUT2D eigenvalue weighted by Crippen LogP contribution is -2.54. The maximum Gasteiger partial charge on any atom is 0.335 e. The third kappa shape index (κ3) is 5.99. The van der Waals surface area contributed by atoms with Gasteiger partial charge in [0.15, 0.2) is 11.5 Å². The highest BCUT2D eigenvalue weighted by Crippen LogP contribution is 2.36. The van der Waals surface area contributed by atoms with Crippen LogP contribution in [0.5, 0.6) is 17.2 Å². The highest BCUT2D eigenvalue weighted by Gasteiger charge is 2.37. The van der Waals surface area contributed by atoms with Crippen LogP contribution in [0.3, 0.4) is 0 Å². The molecule has 0 spiro atoms. The summed E-state index contributed by atoms with van der Waals surface area (Å²) < 4.78 is 17.8. The fourth-order valence-corrected chi connectivity index (χ4v) is 4.97. The fourth-order valence-electron chi connectivity index (χ4n) is 4.19. The molecule has 4 rings (SSSR count). The molecule has 196 valence electrons. The van der Waals surface area contributed by atoms with Crippen LogP contribution in [0, 0.1) is 17.4 Å². The number of aryl methyl sites for hydroxylation is 2. The highest BCUT2D eigenvalue weighted by atomic mass is 127. The number of urea groups is 1. The summed E-state index contributed by atoms with van der Waals surface area (Å²) in [5, 5.41) is 2.24. The van der Waals surface area contributed by atoms with Crippen molar-refractivity contribution in [1.82, 2.24) is 5.32 Å². The van der Waals surface area contributed by atoms with Crippen LogP contribution in [-0.2, 0) is 16.2 Å². The number of ether oxygens (including phenoxy) is 3. The molecule has 0 saturated carbocycles. The Morgan fingerprint density at radius 3 is 2.26 bits per heavy atom. The number of hydrogen-bond acceptors (Lipinski definition) is 6. The molecule has 0 bridgehead atoms. The number of nitrogens with zero attached hydrogens (tertiary/aromatic N) is 1. The lowest BCUT2D eigenvalue weighted by molar-refractivity contribution is -0.122. The fraction of sp³-hybridized carbons (Fsp3) is 0.207. The quantitative estimate of drug-likeness (QED) is 0.200. The average Bonchev–Trinajstić information content (AvgIpc) is 2.86. The van der Waals surface area contributed by atoms with Gasteiger partial charge in [0.2, 0.25) is 0 Å². The van der Waals surface area contributed by atoms with E-state index in [1.165, 1.54) is 13.2 Å². The predicted octanol–water partition coefficient (Wildman–Crippen LogP) is 5.56. The Balaban J connectivity index is 1.61. The largest absolute Gasteiger partial charge is 0.494 e. The number of methoxy groups -OCH3 is 1. The van der Waals surface area contributed by atoms with Crippen molar-refractivity contribution in [3.63, 3.8) is 0 Å². The average molecular weight is 626 g/mol. The zero-order chi connectivity index (χ0) is 27.4. The van der Waals surface area contributed by atoms with Gasteiger partial charge in [-0.15, -0.1) is 0 Å². The summed E-state index contributed by atoms with van der Waals surface area (Å²) in [5.74, 6) is 0.115. The third-order valence-electron chi connectivity index (χ3n) is 5.74. The Labute approximate surface area is 234 Å². The first kappa shape index (κ1) is 27.2. The Morgan fingerprint density at radius 1 is 0.947 bits per heavy atom. The molecule has 8 nitrogen and oxygen atoms in total. The van der Waals surface area contributed by atoms with Crippen molar-refractivity contribution in [2.75, 3.05) is 18.6 Å². The van der Waals surface area contributed by atoms with Gasteiger partial charge < -0.3 is 14.2 Å². The van der Waals surface area contributed by atoms with Crippen molar-refractivity contribution < 1.29 is 28.6 Å². The SMILES string of the molecule is CCOc1ccc(N2C(=O)NC(=O)/C(=C\c3cc(I)c(OCc4cc(C)cc(C)c4)c(OC)c3)C2=O)cc1. The summed E-state index contributed by atoms with van der Waals surface area (Å²) in [5.41, 5.74) is 4.03. The van der Waals surface area contributed by atoms with Gasteiger partial charge in [-0.05, 0) is 97.0 Å².